The molecule has 0 bridgehead atoms. The van der Waals surface area contributed by atoms with Crippen LogP contribution in [0.2, 0.25) is 5.02 Å². The lowest BCUT2D eigenvalue weighted by Crippen LogP contribution is -2.32. The average molecular weight is 444 g/mol. The minimum Gasteiger partial charge on any atom is -0.322 e. The highest BCUT2D eigenvalue weighted by Gasteiger charge is 2.25. The number of hydrogen-bond donors (Lipinski definition) is 1. The molecule has 1 N–H and O–H groups in total. The van der Waals surface area contributed by atoms with E-state index in [0.29, 0.717) is 34.8 Å². The number of nitrogens with zero attached hydrogens (tertiary/aromatic N) is 4. The second kappa shape index (κ2) is 8.28. The predicted octanol–water partition coefficient (Wildman–Crippen LogP) is 4.38. The number of rotatable bonds is 3. The van der Waals surface area contributed by atoms with Crippen LogP contribution in [0.4, 0.5) is 11.4 Å². The summed E-state index contributed by atoms with van der Waals surface area (Å²) in [6, 6.07) is 21.4. The Morgan fingerprint density at radius 2 is 1.62 bits per heavy atom. The summed E-state index contributed by atoms with van der Waals surface area (Å²) in [7, 11) is 0. The van der Waals surface area contributed by atoms with Crippen molar-refractivity contribution in [1.29, 1.82) is 0 Å². The van der Waals surface area contributed by atoms with Crippen LogP contribution in [0, 0.1) is 0 Å². The Morgan fingerprint density at radius 3 is 2.41 bits per heavy atom. The molecule has 0 fully saturated rings. The number of benzene rings is 3. The summed E-state index contributed by atoms with van der Waals surface area (Å²) in [6.07, 6.45) is 2.25. The van der Waals surface area contributed by atoms with Crippen LogP contribution >= 0.6 is 11.6 Å². The number of aromatic nitrogens is 3. The maximum atomic E-state index is 13.4. The molecule has 0 saturated carbocycles. The third-order valence-corrected chi connectivity index (χ3v) is 5.69. The van der Waals surface area contributed by atoms with Crippen LogP contribution < -0.4 is 10.2 Å². The summed E-state index contributed by atoms with van der Waals surface area (Å²) in [5.74, 6) is 0.379. The van der Waals surface area contributed by atoms with Gasteiger partial charge in [-0.2, -0.15) is 0 Å². The summed E-state index contributed by atoms with van der Waals surface area (Å²) in [6.45, 7) is 0.486. The van der Waals surface area contributed by atoms with Crippen LogP contribution in [-0.2, 0) is 6.42 Å². The van der Waals surface area contributed by atoms with Crippen molar-refractivity contribution in [2.24, 2.45) is 0 Å². The Morgan fingerprint density at radius 1 is 0.906 bits per heavy atom. The van der Waals surface area contributed by atoms with Crippen LogP contribution in [0.5, 0.6) is 0 Å². The lowest BCUT2D eigenvalue weighted by atomic mass is 10.1. The van der Waals surface area contributed by atoms with Gasteiger partial charge in [0.15, 0.2) is 0 Å². The Labute approximate surface area is 189 Å². The van der Waals surface area contributed by atoms with Gasteiger partial charge in [-0.3, -0.25) is 14.2 Å². The van der Waals surface area contributed by atoms with Crippen molar-refractivity contribution in [3.63, 3.8) is 0 Å². The molecule has 1 aliphatic heterocycles. The van der Waals surface area contributed by atoms with E-state index in [1.807, 2.05) is 28.8 Å². The third kappa shape index (κ3) is 3.63. The quantitative estimate of drug-likeness (QED) is 0.509. The summed E-state index contributed by atoms with van der Waals surface area (Å²) in [5, 5.41) is 11.4. The minimum atomic E-state index is -0.306. The van der Waals surface area contributed by atoms with Gasteiger partial charge in [0.1, 0.15) is 12.2 Å². The molecule has 7 nitrogen and oxygen atoms in total. The average Bonchev–Trinajstić information content (AvgIpc) is 3.22. The maximum absolute atomic E-state index is 13.4. The van der Waals surface area contributed by atoms with Crippen molar-refractivity contribution in [3.05, 3.63) is 101 Å². The molecule has 0 atom stereocenters. The molecule has 4 aromatic rings. The van der Waals surface area contributed by atoms with E-state index >= 15 is 0 Å². The second-order valence-electron chi connectivity index (χ2n) is 7.32. The first-order chi connectivity index (χ1) is 15.6. The zero-order chi connectivity index (χ0) is 22.1. The highest BCUT2D eigenvalue weighted by Crippen LogP contribution is 2.29. The molecule has 0 aliphatic carbocycles. The normalized spacial score (nSPS) is 12.5. The molecule has 158 valence electrons. The van der Waals surface area contributed by atoms with Gasteiger partial charge in [0.25, 0.3) is 11.8 Å². The fourth-order valence-corrected chi connectivity index (χ4v) is 3.99. The lowest BCUT2D eigenvalue weighted by Gasteiger charge is -2.23. The fourth-order valence-electron chi connectivity index (χ4n) is 3.77. The lowest BCUT2D eigenvalue weighted by molar-refractivity contribution is 0.0986. The smallest absolute Gasteiger partial charge is 0.258 e. The van der Waals surface area contributed by atoms with E-state index in [1.165, 1.54) is 0 Å². The van der Waals surface area contributed by atoms with Gasteiger partial charge >= 0.3 is 0 Å². The summed E-state index contributed by atoms with van der Waals surface area (Å²) >= 11 is 6.10. The molecule has 32 heavy (non-hydrogen) atoms. The molecule has 0 radical (unpaired) electrons. The van der Waals surface area contributed by atoms with E-state index in [0.717, 1.165) is 17.2 Å². The molecule has 2 amide bonds. The summed E-state index contributed by atoms with van der Waals surface area (Å²) < 4.78 is 1.91. The van der Waals surface area contributed by atoms with Crippen molar-refractivity contribution in [2.45, 2.75) is 6.42 Å². The van der Waals surface area contributed by atoms with Crippen LogP contribution in [-0.4, -0.2) is 33.1 Å². The Kier molecular flexibility index (Phi) is 5.17. The number of fused-ring (bicyclic) bond motifs is 3. The number of amides is 2. The van der Waals surface area contributed by atoms with Gasteiger partial charge in [0, 0.05) is 24.2 Å². The number of anilines is 2. The topological polar surface area (TPSA) is 80.1 Å². The van der Waals surface area contributed by atoms with E-state index in [4.69, 9.17) is 11.6 Å². The molecule has 3 aromatic carbocycles. The molecule has 0 spiro atoms. The van der Waals surface area contributed by atoms with Gasteiger partial charge in [-0.05, 0) is 48.5 Å². The monoisotopic (exact) mass is 443 g/mol. The third-order valence-electron chi connectivity index (χ3n) is 5.36. The van der Waals surface area contributed by atoms with E-state index in [1.54, 1.807) is 59.8 Å². The first kappa shape index (κ1) is 20.0. The van der Waals surface area contributed by atoms with E-state index in [2.05, 4.69) is 15.5 Å². The van der Waals surface area contributed by atoms with Gasteiger partial charge in [0.05, 0.1) is 22.0 Å². The number of carbonyl (C=O) groups is 2. The highest BCUT2D eigenvalue weighted by molar-refractivity contribution is 6.34. The Hall–Kier alpha value is -3.97. The largest absolute Gasteiger partial charge is 0.322 e. The van der Waals surface area contributed by atoms with Gasteiger partial charge in [0.2, 0.25) is 0 Å². The first-order valence-electron chi connectivity index (χ1n) is 10.1. The van der Waals surface area contributed by atoms with E-state index < -0.39 is 0 Å². The van der Waals surface area contributed by atoms with Gasteiger partial charge < -0.3 is 10.2 Å². The SMILES string of the molecule is O=C(Nc1ccc(C(=O)N2CCc3nncn3-c3ccccc32)cc1)c1ccccc1Cl. The summed E-state index contributed by atoms with van der Waals surface area (Å²) in [4.78, 5) is 27.6. The Bertz CT molecular complexity index is 1320. The van der Waals surface area contributed by atoms with Crippen LogP contribution in [0.3, 0.4) is 0 Å². The number of carbonyl (C=O) groups excluding carboxylic acids is 2. The minimum absolute atomic E-state index is 0.125. The molecule has 5 rings (SSSR count). The maximum Gasteiger partial charge on any atom is 0.258 e. The van der Waals surface area contributed by atoms with Crippen molar-refractivity contribution < 1.29 is 9.59 Å². The van der Waals surface area contributed by atoms with Gasteiger partial charge in [-0.1, -0.05) is 35.9 Å². The van der Waals surface area contributed by atoms with Gasteiger partial charge in [-0.15, -0.1) is 10.2 Å². The number of para-hydroxylation sites is 2. The molecule has 1 aromatic heterocycles. The zero-order valence-corrected chi connectivity index (χ0v) is 17.7. The molecule has 2 heterocycles. The van der Waals surface area contributed by atoms with Gasteiger partial charge in [-0.25, -0.2) is 0 Å². The molecule has 0 saturated heterocycles. The highest BCUT2D eigenvalue weighted by atomic mass is 35.5. The van der Waals surface area contributed by atoms with E-state index in [-0.39, 0.29) is 11.8 Å². The van der Waals surface area contributed by atoms with Crippen molar-refractivity contribution in [2.75, 3.05) is 16.8 Å². The first-order valence-corrected chi connectivity index (χ1v) is 10.5. The number of nitrogens with one attached hydrogen (secondary N) is 1. The summed E-state index contributed by atoms with van der Waals surface area (Å²) in [5.41, 5.74) is 3.15. The molecule has 0 unspecified atom stereocenters. The standard InChI is InChI=1S/C24H18ClN5O2/c25-19-6-2-1-5-18(19)23(31)27-17-11-9-16(10-12-17)24(32)29-14-13-22-28-26-15-30(22)21-8-4-3-7-20(21)29/h1-12,15H,13-14H2,(H,27,31). The second-order valence-corrected chi connectivity index (χ2v) is 7.73. The van der Waals surface area contributed by atoms with Crippen molar-refractivity contribution in [1.82, 2.24) is 14.8 Å². The molecular weight excluding hydrogens is 426 g/mol. The van der Waals surface area contributed by atoms with E-state index in [9.17, 15) is 9.59 Å². The predicted molar refractivity (Wildman–Crippen MR) is 123 cm³/mol. The molecular formula is C24H18ClN5O2. The fraction of sp³-hybridized carbons (Fsp3) is 0.0833. The number of halogens is 1. The molecule has 1 aliphatic rings. The Balaban J connectivity index is 1.38. The van der Waals surface area contributed by atoms with Crippen molar-refractivity contribution in [3.8, 4) is 5.69 Å². The molecule has 8 heteroatoms. The zero-order valence-electron chi connectivity index (χ0n) is 16.9. The number of hydrogen-bond acceptors (Lipinski definition) is 4. The van der Waals surface area contributed by atoms with Crippen LogP contribution in [0.25, 0.3) is 5.69 Å². The van der Waals surface area contributed by atoms with Crippen molar-refractivity contribution >= 4 is 34.8 Å². The van der Waals surface area contributed by atoms with Crippen LogP contribution in [0.1, 0.15) is 26.5 Å². The van der Waals surface area contributed by atoms with Crippen LogP contribution in [0.15, 0.2) is 79.1 Å².